The second kappa shape index (κ2) is 4.02. The minimum atomic E-state index is 0.415. The molecule has 1 heterocycles. The van der Waals surface area contributed by atoms with Gasteiger partial charge in [0.15, 0.2) is 0 Å². The molecule has 0 saturated heterocycles. The summed E-state index contributed by atoms with van der Waals surface area (Å²) < 4.78 is 0. The first-order chi connectivity index (χ1) is 8.77. The molecule has 4 fully saturated rings. The fourth-order valence-electron chi connectivity index (χ4n) is 5.12. The van der Waals surface area contributed by atoms with Crippen LogP contribution >= 0.6 is 11.3 Å². The van der Waals surface area contributed by atoms with Crippen LogP contribution in [0.3, 0.4) is 0 Å². The van der Waals surface area contributed by atoms with Gasteiger partial charge in [-0.1, -0.05) is 0 Å². The van der Waals surface area contributed by atoms with Crippen LogP contribution in [-0.4, -0.2) is 4.98 Å². The Balaban J connectivity index is 1.66. The summed E-state index contributed by atoms with van der Waals surface area (Å²) in [6.45, 7) is 0.455. The summed E-state index contributed by atoms with van der Waals surface area (Å²) in [5.41, 5.74) is 1.76. The number of rotatable bonds is 3. The second-order valence-corrected chi connectivity index (χ2v) is 7.58. The van der Waals surface area contributed by atoms with Crippen molar-refractivity contribution >= 4 is 11.3 Å². The van der Waals surface area contributed by atoms with E-state index in [0.717, 1.165) is 22.8 Å². The van der Waals surface area contributed by atoms with Gasteiger partial charge in [-0.15, -0.1) is 11.3 Å². The van der Waals surface area contributed by atoms with Crippen molar-refractivity contribution in [3.63, 3.8) is 0 Å². The van der Waals surface area contributed by atoms with Gasteiger partial charge in [-0.2, -0.15) is 0 Å². The summed E-state index contributed by atoms with van der Waals surface area (Å²) in [6.07, 6.45) is 8.61. The predicted octanol–water partition coefficient (Wildman–Crippen LogP) is 3.00. The van der Waals surface area contributed by atoms with E-state index in [-0.39, 0.29) is 0 Å². The Morgan fingerprint density at radius 3 is 2.39 bits per heavy atom. The van der Waals surface area contributed by atoms with Crippen molar-refractivity contribution in [1.29, 1.82) is 0 Å². The quantitative estimate of drug-likeness (QED) is 0.854. The standard InChI is InChI=1S/C14H20N2OS/c15-17-7-13-16-12(8-18-13)14-4-9-1-10(5-14)3-11(2-9)6-14/h8-11H,1-7,15H2. The molecule has 0 amide bonds. The SMILES string of the molecule is NOCc1nc(C23CC4CC(CC(C4)C2)C3)cs1. The van der Waals surface area contributed by atoms with Gasteiger partial charge in [-0.05, 0) is 56.3 Å². The molecule has 4 bridgehead atoms. The van der Waals surface area contributed by atoms with E-state index in [0.29, 0.717) is 12.0 Å². The van der Waals surface area contributed by atoms with Gasteiger partial charge in [-0.25, -0.2) is 10.9 Å². The first kappa shape index (κ1) is 11.4. The van der Waals surface area contributed by atoms with Gasteiger partial charge in [0, 0.05) is 10.8 Å². The molecule has 0 atom stereocenters. The smallest absolute Gasteiger partial charge is 0.121 e. The summed E-state index contributed by atoms with van der Waals surface area (Å²) in [6, 6.07) is 0. The third kappa shape index (κ3) is 1.66. The Labute approximate surface area is 112 Å². The second-order valence-electron chi connectivity index (χ2n) is 6.64. The molecule has 1 aromatic heterocycles. The lowest BCUT2D eigenvalue weighted by Crippen LogP contribution is -2.48. The molecule has 3 nitrogen and oxygen atoms in total. The van der Waals surface area contributed by atoms with E-state index in [1.165, 1.54) is 44.2 Å². The third-order valence-corrected chi connectivity index (χ3v) is 6.16. The van der Waals surface area contributed by atoms with E-state index in [1.54, 1.807) is 11.3 Å². The highest BCUT2D eigenvalue weighted by molar-refractivity contribution is 7.09. The van der Waals surface area contributed by atoms with Crippen LogP contribution in [-0.2, 0) is 16.9 Å². The monoisotopic (exact) mass is 264 g/mol. The number of nitrogens with zero attached hydrogens (tertiary/aromatic N) is 1. The Morgan fingerprint density at radius 2 is 1.83 bits per heavy atom. The van der Waals surface area contributed by atoms with Gasteiger partial charge < -0.3 is 0 Å². The van der Waals surface area contributed by atoms with Gasteiger partial charge in [0.1, 0.15) is 11.6 Å². The number of hydrogen-bond donors (Lipinski definition) is 1. The van der Waals surface area contributed by atoms with Gasteiger partial charge in [-0.3, -0.25) is 4.84 Å². The molecule has 4 aliphatic carbocycles. The van der Waals surface area contributed by atoms with Gasteiger partial charge in [0.2, 0.25) is 0 Å². The van der Waals surface area contributed by atoms with Gasteiger partial charge >= 0.3 is 0 Å². The zero-order valence-electron chi connectivity index (χ0n) is 10.6. The number of hydrogen-bond acceptors (Lipinski definition) is 4. The maximum atomic E-state index is 5.14. The summed E-state index contributed by atoms with van der Waals surface area (Å²) in [5, 5.41) is 3.30. The van der Waals surface area contributed by atoms with Crippen LogP contribution in [0.15, 0.2) is 5.38 Å². The molecular formula is C14H20N2OS. The number of aromatic nitrogens is 1. The molecule has 0 unspecified atom stereocenters. The van der Waals surface area contributed by atoms with E-state index in [4.69, 9.17) is 15.7 Å². The molecule has 0 aliphatic heterocycles. The highest BCUT2D eigenvalue weighted by Gasteiger charge is 2.52. The predicted molar refractivity (Wildman–Crippen MR) is 70.9 cm³/mol. The molecule has 0 spiro atoms. The van der Waals surface area contributed by atoms with Crippen molar-refractivity contribution in [2.24, 2.45) is 23.7 Å². The zero-order chi connectivity index (χ0) is 12.2. The summed E-state index contributed by atoms with van der Waals surface area (Å²) in [5.74, 6) is 8.08. The Hall–Kier alpha value is -0.450. The molecule has 0 aromatic carbocycles. The average Bonchev–Trinajstić information content (AvgIpc) is 2.77. The zero-order valence-corrected chi connectivity index (χ0v) is 11.4. The molecule has 2 N–H and O–H groups in total. The summed E-state index contributed by atoms with van der Waals surface area (Å²) in [7, 11) is 0. The highest BCUT2D eigenvalue weighted by Crippen LogP contribution is 2.60. The Kier molecular flexibility index (Phi) is 2.54. The molecule has 18 heavy (non-hydrogen) atoms. The lowest BCUT2D eigenvalue weighted by molar-refractivity contribution is -0.00711. The normalized spacial score (nSPS) is 41.5. The topological polar surface area (TPSA) is 48.1 Å². The largest absolute Gasteiger partial charge is 0.297 e. The maximum absolute atomic E-state index is 5.14. The van der Waals surface area contributed by atoms with E-state index >= 15 is 0 Å². The number of nitrogens with two attached hydrogens (primary N) is 1. The van der Waals surface area contributed by atoms with E-state index in [1.807, 2.05) is 0 Å². The summed E-state index contributed by atoms with van der Waals surface area (Å²) in [4.78, 5) is 9.51. The first-order valence-corrected chi connectivity index (χ1v) is 7.92. The molecule has 4 saturated carbocycles. The fraction of sp³-hybridized carbons (Fsp3) is 0.786. The molecule has 1 aromatic rings. The lowest BCUT2D eigenvalue weighted by atomic mass is 9.49. The molecule has 0 radical (unpaired) electrons. The van der Waals surface area contributed by atoms with Crippen molar-refractivity contribution < 1.29 is 4.84 Å². The maximum Gasteiger partial charge on any atom is 0.121 e. The van der Waals surface area contributed by atoms with Crippen LogP contribution in [0.1, 0.15) is 49.2 Å². The van der Waals surface area contributed by atoms with E-state index in [2.05, 4.69) is 5.38 Å². The fourth-order valence-corrected chi connectivity index (χ4v) is 5.95. The van der Waals surface area contributed by atoms with Crippen molar-refractivity contribution in [3.8, 4) is 0 Å². The third-order valence-electron chi connectivity index (χ3n) is 5.34. The van der Waals surface area contributed by atoms with Gasteiger partial charge in [0.25, 0.3) is 0 Å². The minimum absolute atomic E-state index is 0.415. The van der Waals surface area contributed by atoms with Crippen LogP contribution in [0.2, 0.25) is 0 Å². The highest BCUT2D eigenvalue weighted by atomic mass is 32.1. The van der Waals surface area contributed by atoms with E-state index < -0.39 is 0 Å². The van der Waals surface area contributed by atoms with Crippen molar-refractivity contribution in [1.82, 2.24) is 4.98 Å². The van der Waals surface area contributed by atoms with Crippen molar-refractivity contribution in [2.75, 3.05) is 0 Å². The van der Waals surface area contributed by atoms with Crippen molar-refractivity contribution in [3.05, 3.63) is 16.1 Å². The molecule has 4 aliphatic rings. The van der Waals surface area contributed by atoms with E-state index in [9.17, 15) is 0 Å². The van der Waals surface area contributed by atoms with Crippen LogP contribution in [0, 0.1) is 17.8 Å². The Bertz CT molecular complexity index is 421. The van der Waals surface area contributed by atoms with Crippen LogP contribution < -0.4 is 5.90 Å². The number of thiazole rings is 1. The lowest BCUT2D eigenvalue weighted by Gasteiger charge is -2.56. The van der Waals surface area contributed by atoms with Crippen LogP contribution in [0.4, 0.5) is 0 Å². The molecular weight excluding hydrogens is 244 g/mol. The summed E-state index contributed by atoms with van der Waals surface area (Å²) >= 11 is 1.71. The van der Waals surface area contributed by atoms with Crippen LogP contribution in [0.5, 0.6) is 0 Å². The minimum Gasteiger partial charge on any atom is -0.297 e. The Morgan fingerprint density at radius 1 is 1.22 bits per heavy atom. The van der Waals surface area contributed by atoms with Crippen LogP contribution in [0.25, 0.3) is 0 Å². The van der Waals surface area contributed by atoms with Crippen molar-refractivity contribution in [2.45, 2.75) is 50.5 Å². The molecule has 98 valence electrons. The van der Waals surface area contributed by atoms with Gasteiger partial charge in [0.05, 0.1) is 5.69 Å². The first-order valence-electron chi connectivity index (χ1n) is 7.04. The molecule has 5 rings (SSSR count). The average molecular weight is 264 g/mol. The molecule has 4 heteroatoms.